The maximum Gasteiger partial charge on any atom is 0.257 e. The Balaban J connectivity index is 1.77. The lowest BCUT2D eigenvalue weighted by molar-refractivity contribution is 0.102. The molecule has 0 radical (unpaired) electrons. The van der Waals surface area contributed by atoms with E-state index in [2.05, 4.69) is 10.3 Å². The number of halogens is 1. The zero-order chi connectivity index (χ0) is 15.5. The van der Waals surface area contributed by atoms with Crippen molar-refractivity contribution >= 4 is 44.2 Å². The summed E-state index contributed by atoms with van der Waals surface area (Å²) >= 11 is 7.34. The Hall–Kier alpha value is -2.11. The molecule has 6 heteroatoms. The molecule has 1 heterocycles. The quantitative estimate of drug-likeness (QED) is 0.759. The fourth-order valence-corrected chi connectivity index (χ4v) is 3.13. The second-order valence-electron chi connectivity index (χ2n) is 4.54. The Morgan fingerprint density at radius 2 is 2.05 bits per heavy atom. The molecule has 0 aliphatic heterocycles. The summed E-state index contributed by atoms with van der Waals surface area (Å²) in [6, 6.07) is 12.4. The summed E-state index contributed by atoms with van der Waals surface area (Å²) in [6.45, 7) is 2.51. The topological polar surface area (TPSA) is 51.2 Å². The number of hydrogen-bond donors (Lipinski definition) is 1. The molecule has 0 unspecified atom stereocenters. The van der Waals surface area contributed by atoms with E-state index in [1.807, 2.05) is 19.1 Å². The van der Waals surface area contributed by atoms with Crippen molar-refractivity contribution in [3.05, 3.63) is 53.1 Å². The first-order chi connectivity index (χ1) is 10.7. The van der Waals surface area contributed by atoms with Crippen molar-refractivity contribution in [3.8, 4) is 5.75 Å². The third-order valence-electron chi connectivity index (χ3n) is 3.00. The van der Waals surface area contributed by atoms with Gasteiger partial charge in [-0.1, -0.05) is 22.9 Å². The van der Waals surface area contributed by atoms with Crippen LogP contribution in [0.5, 0.6) is 5.75 Å². The van der Waals surface area contributed by atoms with Gasteiger partial charge in [-0.15, -0.1) is 0 Å². The number of amides is 1. The van der Waals surface area contributed by atoms with Gasteiger partial charge in [0.25, 0.3) is 5.91 Å². The van der Waals surface area contributed by atoms with Crippen molar-refractivity contribution in [1.82, 2.24) is 4.98 Å². The lowest BCUT2D eigenvalue weighted by atomic mass is 10.2. The van der Waals surface area contributed by atoms with Gasteiger partial charge in [0.1, 0.15) is 5.75 Å². The average Bonchev–Trinajstić information content (AvgIpc) is 2.89. The first kappa shape index (κ1) is 14.8. The molecule has 0 aliphatic rings. The Labute approximate surface area is 136 Å². The number of anilines is 1. The summed E-state index contributed by atoms with van der Waals surface area (Å²) in [5.41, 5.74) is 1.37. The van der Waals surface area contributed by atoms with Crippen molar-refractivity contribution in [1.29, 1.82) is 0 Å². The third-order valence-corrected chi connectivity index (χ3v) is 4.17. The molecule has 0 atom stereocenters. The minimum atomic E-state index is -0.201. The van der Waals surface area contributed by atoms with Crippen LogP contribution in [0.4, 0.5) is 5.13 Å². The van der Waals surface area contributed by atoms with Crippen molar-refractivity contribution in [2.45, 2.75) is 6.92 Å². The summed E-state index contributed by atoms with van der Waals surface area (Å²) in [4.78, 5) is 16.6. The van der Waals surface area contributed by atoms with E-state index >= 15 is 0 Å². The van der Waals surface area contributed by atoms with Gasteiger partial charge >= 0.3 is 0 Å². The number of aromatic nitrogens is 1. The molecule has 0 saturated carbocycles. The van der Waals surface area contributed by atoms with Crippen LogP contribution in [0.2, 0.25) is 5.02 Å². The number of hydrogen-bond acceptors (Lipinski definition) is 4. The van der Waals surface area contributed by atoms with Gasteiger partial charge in [-0.3, -0.25) is 10.1 Å². The zero-order valence-electron chi connectivity index (χ0n) is 11.8. The number of carbonyl (C=O) groups is 1. The molecule has 112 valence electrons. The molecule has 2 aromatic carbocycles. The largest absolute Gasteiger partial charge is 0.494 e. The van der Waals surface area contributed by atoms with Crippen LogP contribution in [0.15, 0.2) is 42.5 Å². The number of nitrogens with one attached hydrogen (secondary N) is 1. The number of fused-ring (bicyclic) bond motifs is 1. The molecule has 1 N–H and O–H groups in total. The van der Waals surface area contributed by atoms with E-state index in [1.54, 1.807) is 30.3 Å². The van der Waals surface area contributed by atoms with E-state index in [0.717, 1.165) is 16.0 Å². The molecular formula is C16H13ClN2O2S. The molecule has 0 saturated heterocycles. The van der Waals surface area contributed by atoms with Gasteiger partial charge in [0.15, 0.2) is 5.13 Å². The fourth-order valence-electron chi connectivity index (χ4n) is 1.99. The van der Waals surface area contributed by atoms with Crippen LogP contribution in [-0.4, -0.2) is 17.5 Å². The monoisotopic (exact) mass is 332 g/mol. The maximum atomic E-state index is 12.2. The van der Waals surface area contributed by atoms with Gasteiger partial charge < -0.3 is 4.74 Å². The van der Waals surface area contributed by atoms with E-state index in [0.29, 0.717) is 22.3 Å². The van der Waals surface area contributed by atoms with Crippen molar-refractivity contribution in [2.75, 3.05) is 11.9 Å². The molecule has 1 aromatic heterocycles. The minimum absolute atomic E-state index is 0.201. The standard InChI is InChI=1S/C16H13ClN2O2S/c1-2-21-12-6-3-10(4-7-12)15(20)19-16-18-13-8-5-11(17)9-14(13)22-16/h3-9H,2H2,1H3,(H,18,19,20). The highest BCUT2D eigenvalue weighted by atomic mass is 35.5. The smallest absolute Gasteiger partial charge is 0.257 e. The van der Waals surface area contributed by atoms with Crippen LogP contribution in [0.1, 0.15) is 17.3 Å². The second kappa shape index (κ2) is 6.34. The van der Waals surface area contributed by atoms with Gasteiger partial charge in [0, 0.05) is 10.6 Å². The predicted molar refractivity (Wildman–Crippen MR) is 90.2 cm³/mol. The van der Waals surface area contributed by atoms with Crippen LogP contribution in [0.25, 0.3) is 10.2 Å². The molecule has 0 aliphatic carbocycles. The Kier molecular flexibility index (Phi) is 4.27. The summed E-state index contributed by atoms with van der Waals surface area (Å²) in [5.74, 6) is 0.543. The van der Waals surface area contributed by atoms with E-state index in [9.17, 15) is 4.79 Å². The van der Waals surface area contributed by atoms with Crippen molar-refractivity contribution in [2.24, 2.45) is 0 Å². The lowest BCUT2D eigenvalue weighted by Crippen LogP contribution is -2.11. The number of benzene rings is 2. The van der Waals surface area contributed by atoms with Gasteiger partial charge in [-0.25, -0.2) is 4.98 Å². The van der Waals surface area contributed by atoms with Crippen LogP contribution >= 0.6 is 22.9 Å². The van der Waals surface area contributed by atoms with Crippen LogP contribution in [0.3, 0.4) is 0 Å². The van der Waals surface area contributed by atoms with Gasteiger partial charge in [0.2, 0.25) is 0 Å². The Bertz CT molecular complexity index is 815. The first-order valence-electron chi connectivity index (χ1n) is 6.76. The average molecular weight is 333 g/mol. The summed E-state index contributed by atoms with van der Waals surface area (Å²) < 4.78 is 6.29. The molecule has 22 heavy (non-hydrogen) atoms. The molecular weight excluding hydrogens is 320 g/mol. The molecule has 1 amide bonds. The minimum Gasteiger partial charge on any atom is -0.494 e. The summed E-state index contributed by atoms with van der Waals surface area (Å²) in [6.07, 6.45) is 0. The van der Waals surface area contributed by atoms with E-state index in [4.69, 9.17) is 16.3 Å². The van der Waals surface area contributed by atoms with Crippen molar-refractivity contribution in [3.63, 3.8) is 0 Å². The molecule has 0 bridgehead atoms. The molecule has 4 nitrogen and oxygen atoms in total. The van der Waals surface area contributed by atoms with Gasteiger partial charge in [-0.2, -0.15) is 0 Å². The number of carbonyl (C=O) groups excluding carboxylic acids is 1. The SMILES string of the molecule is CCOc1ccc(C(=O)Nc2nc3ccc(Cl)cc3s2)cc1. The predicted octanol–water partition coefficient (Wildman–Crippen LogP) is 4.60. The van der Waals surface area contributed by atoms with E-state index < -0.39 is 0 Å². The molecule has 3 aromatic rings. The normalized spacial score (nSPS) is 10.6. The zero-order valence-corrected chi connectivity index (χ0v) is 13.4. The van der Waals surface area contributed by atoms with Gasteiger partial charge in [0.05, 0.1) is 16.8 Å². The van der Waals surface area contributed by atoms with Crippen LogP contribution < -0.4 is 10.1 Å². The summed E-state index contributed by atoms with van der Waals surface area (Å²) in [5, 5.41) is 4.01. The van der Waals surface area contributed by atoms with Crippen LogP contribution in [0, 0.1) is 0 Å². The molecule has 0 fully saturated rings. The third kappa shape index (κ3) is 3.21. The van der Waals surface area contributed by atoms with E-state index in [1.165, 1.54) is 11.3 Å². The van der Waals surface area contributed by atoms with Gasteiger partial charge in [-0.05, 0) is 49.4 Å². The van der Waals surface area contributed by atoms with E-state index in [-0.39, 0.29) is 5.91 Å². The highest BCUT2D eigenvalue weighted by Gasteiger charge is 2.10. The molecule has 3 rings (SSSR count). The highest BCUT2D eigenvalue weighted by Crippen LogP contribution is 2.28. The number of ether oxygens (including phenoxy) is 1. The Morgan fingerprint density at radius 3 is 2.77 bits per heavy atom. The van der Waals surface area contributed by atoms with Crippen LogP contribution in [-0.2, 0) is 0 Å². The number of thiazole rings is 1. The lowest BCUT2D eigenvalue weighted by Gasteiger charge is -2.04. The number of nitrogens with zero attached hydrogens (tertiary/aromatic N) is 1. The fraction of sp³-hybridized carbons (Fsp3) is 0.125. The Morgan fingerprint density at radius 1 is 1.27 bits per heavy atom. The molecule has 0 spiro atoms. The highest BCUT2D eigenvalue weighted by molar-refractivity contribution is 7.22. The first-order valence-corrected chi connectivity index (χ1v) is 7.95. The summed E-state index contributed by atoms with van der Waals surface area (Å²) in [7, 11) is 0. The van der Waals surface area contributed by atoms with Crippen molar-refractivity contribution < 1.29 is 9.53 Å². The maximum absolute atomic E-state index is 12.2. The number of rotatable bonds is 4. The second-order valence-corrected chi connectivity index (χ2v) is 6.01.